The van der Waals surface area contributed by atoms with Crippen LogP contribution in [0.1, 0.15) is 45.6 Å². The van der Waals surface area contributed by atoms with Crippen molar-refractivity contribution in [2.45, 2.75) is 40.0 Å². The first-order valence-electron chi connectivity index (χ1n) is 7.06. The SMILES string of the molecule is CC1(C)[C@@H]2CC[C@@]1(C)C(=Nc1ccccc1C#N)C2. The number of hydrogen-bond donors (Lipinski definition) is 0. The van der Waals surface area contributed by atoms with Gasteiger partial charge in [-0.15, -0.1) is 0 Å². The fourth-order valence-electron chi connectivity index (χ4n) is 3.91. The highest BCUT2D eigenvalue weighted by Gasteiger charge is 2.59. The predicted octanol–water partition coefficient (Wildman–Crippen LogP) is 4.48. The molecule has 1 aromatic rings. The highest BCUT2D eigenvalue weighted by atomic mass is 14.8. The maximum atomic E-state index is 9.17. The van der Waals surface area contributed by atoms with Gasteiger partial charge in [0.2, 0.25) is 0 Å². The molecule has 0 saturated heterocycles. The van der Waals surface area contributed by atoms with Crippen LogP contribution in [0.5, 0.6) is 0 Å². The lowest BCUT2D eigenvalue weighted by molar-refractivity contribution is 0.194. The molecule has 0 amide bonds. The largest absolute Gasteiger partial charge is 0.256 e. The van der Waals surface area contributed by atoms with Crippen LogP contribution in [-0.2, 0) is 0 Å². The topological polar surface area (TPSA) is 36.1 Å². The second-order valence-electron chi connectivity index (χ2n) is 6.68. The summed E-state index contributed by atoms with van der Waals surface area (Å²) in [6.45, 7) is 7.11. The Hall–Kier alpha value is -1.62. The van der Waals surface area contributed by atoms with Crippen molar-refractivity contribution in [3.63, 3.8) is 0 Å². The van der Waals surface area contributed by atoms with Crippen LogP contribution in [0.3, 0.4) is 0 Å². The first kappa shape index (κ1) is 12.4. The first-order valence-corrected chi connectivity index (χ1v) is 7.06. The maximum Gasteiger partial charge on any atom is 0.101 e. The van der Waals surface area contributed by atoms with Gasteiger partial charge >= 0.3 is 0 Å². The van der Waals surface area contributed by atoms with Crippen molar-refractivity contribution in [1.29, 1.82) is 5.26 Å². The van der Waals surface area contributed by atoms with Crippen LogP contribution in [0.15, 0.2) is 29.3 Å². The Bertz CT molecular complexity index is 592. The molecule has 2 fully saturated rings. The summed E-state index contributed by atoms with van der Waals surface area (Å²) in [5, 5.41) is 9.17. The van der Waals surface area contributed by atoms with Crippen LogP contribution < -0.4 is 0 Å². The first-order chi connectivity index (χ1) is 8.99. The highest BCUT2D eigenvalue weighted by Crippen LogP contribution is 2.64. The third-order valence-corrected chi connectivity index (χ3v) is 5.79. The number of benzene rings is 1. The lowest BCUT2D eigenvalue weighted by Crippen LogP contribution is -2.32. The van der Waals surface area contributed by atoms with E-state index in [1.807, 2.05) is 24.3 Å². The van der Waals surface area contributed by atoms with Gasteiger partial charge in [0, 0.05) is 11.1 Å². The van der Waals surface area contributed by atoms with Gasteiger partial charge in [0.1, 0.15) is 6.07 Å². The van der Waals surface area contributed by atoms with Gasteiger partial charge in [-0.1, -0.05) is 32.9 Å². The van der Waals surface area contributed by atoms with E-state index in [0.29, 0.717) is 11.0 Å². The van der Waals surface area contributed by atoms with Crippen molar-refractivity contribution in [3.8, 4) is 6.07 Å². The molecule has 3 rings (SSSR count). The molecule has 2 bridgehead atoms. The summed E-state index contributed by atoms with van der Waals surface area (Å²) in [6, 6.07) is 9.90. The highest BCUT2D eigenvalue weighted by molar-refractivity contribution is 5.96. The molecule has 2 heteroatoms. The molecule has 2 nitrogen and oxygen atoms in total. The van der Waals surface area contributed by atoms with E-state index in [9.17, 15) is 5.26 Å². The number of fused-ring (bicyclic) bond motifs is 2. The monoisotopic (exact) mass is 252 g/mol. The zero-order valence-electron chi connectivity index (χ0n) is 11.9. The van der Waals surface area contributed by atoms with E-state index in [2.05, 4.69) is 26.8 Å². The summed E-state index contributed by atoms with van der Waals surface area (Å²) in [5.74, 6) is 0.755. The van der Waals surface area contributed by atoms with Crippen LogP contribution in [-0.4, -0.2) is 5.71 Å². The molecular weight excluding hydrogens is 232 g/mol. The Balaban J connectivity index is 2.06. The summed E-state index contributed by atoms with van der Waals surface area (Å²) >= 11 is 0. The average Bonchev–Trinajstić information content (AvgIpc) is 2.72. The van der Waals surface area contributed by atoms with E-state index in [1.165, 1.54) is 18.6 Å². The molecule has 19 heavy (non-hydrogen) atoms. The van der Waals surface area contributed by atoms with Crippen LogP contribution in [0.4, 0.5) is 5.69 Å². The van der Waals surface area contributed by atoms with E-state index in [1.54, 1.807) is 0 Å². The summed E-state index contributed by atoms with van der Waals surface area (Å²) in [4.78, 5) is 4.87. The molecule has 0 heterocycles. The van der Waals surface area contributed by atoms with Gasteiger partial charge in [-0.05, 0) is 42.7 Å². The standard InChI is InChI=1S/C17H20N2/c1-16(2)13-8-9-17(16,3)15(10-13)19-14-7-5-4-6-12(14)11-18/h4-7,13H,8-10H2,1-3H3/t13-,17+/m1/s1. The molecule has 98 valence electrons. The number of para-hydroxylation sites is 1. The van der Waals surface area contributed by atoms with Crippen molar-refractivity contribution in [2.24, 2.45) is 21.7 Å². The molecule has 2 saturated carbocycles. The third-order valence-electron chi connectivity index (χ3n) is 5.79. The third kappa shape index (κ3) is 1.57. The lowest BCUT2D eigenvalue weighted by Gasteiger charge is -2.34. The summed E-state index contributed by atoms with van der Waals surface area (Å²) < 4.78 is 0. The van der Waals surface area contributed by atoms with Crippen molar-refractivity contribution in [2.75, 3.05) is 0 Å². The minimum Gasteiger partial charge on any atom is -0.256 e. The quantitative estimate of drug-likeness (QED) is 0.726. The summed E-state index contributed by atoms with van der Waals surface area (Å²) in [5.41, 5.74) is 3.37. The van der Waals surface area contributed by atoms with E-state index in [0.717, 1.165) is 18.0 Å². The molecule has 0 N–H and O–H groups in total. The second kappa shape index (κ2) is 3.93. The fourth-order valence-corrected chi connectivity index (χ4v) is 3.91. The van der Waals surface area contributed by atoms with Gasteiger partial charge in [-0.3, -0.25) is 4.99 Å². The van der Waals surface area contributed by atoms with Crippen LogP contribution in [0, 0.1) is 28.1 Å². The Morgan fingerprint density at radius 1 is 1.26 bits per heavy atom. The van der Waals surface area contributed by atoms with Gasteiger partial charge in [-0.25, -0.2) is 0 Å². The number of aliphatic imine (C=N–C) groups is 1. The fraction of sp³-hybridized carbons (Fsp3) is 0.529. The van der Waals surface area contributed by atoms with Crippen molar-refractivity contribution < 1.29 is 0 Å². The second-order valence-corrected chi connectivity index (χ2v) is 6.68. The smallest absolute Gasteiger partial charge is 0.101 e. The Morgan fingerprint density at radius 3 is 2.58 bits per heavy atom. The predicted molar refractivity (Wildman–Crippen MR) is 77.5 cm³/mol. The molecule has 1 aromatic carbocycles. The molecule has 0 unspecified atom stereocenters. The van der Waals surface area contributed by atoms with Gasteiger partial charge < -0.3 is 0 Å². The molecule has 0 aromatic heterocycles. The minimum atomic E-state index is 0.209. The number of hydrogen-bond acceptors (Lipinski definition) is 2. The van der Waals surface area contributed by atoms with Gasteiger partial charge in [0.15, 0.2) is 0 Å². The Morgan fingerprint density at radius 2 is 2.00 bits per heavy atom. The number of nitriles is 1. The average molecular weight is 252 g/mol. The van der Waals surface area contributed by atoms with E-state index in [4.69, 9.17) is 4.99 Å². The molecule has 0 spiro atoms. The molecule has 0 radical (unpaired) electrons. The van der Waals surface area contributed by atoms with Crippen LogP contribution >= 0.6 is 0 Å². The molecule has 0 aliphatic heterocycles. The van der Waals surface area contributed by atoms with Crippen LogP contribution in [0.2, 0.25) is 0 Å². The normalized spacial score (nSPS) is 33.6. The maximum absolute atomic E-state index is 9.17. The van der Waals surface area contributed by atoms with E-state index in [-0.39, 0.29) is 5.41 Å². The zero-order valence-corrected chi connectivity index (χ0v) is 11.9. The molecule has 2 aliphatic carbocycles. The van der Waals surface area contributed by atoms with Gasteiger partial charge in [-0.2, -0.15) is 5.26 Å². The lowest BCUT2D eigenvalue weighted by atomic mass is 9.70. The van der Waals surface area contributed by atoms with Gasteiger partial charge in [0.05, 0.1) is 11.3 Å². The Kier molecular flexibility index (Phi) is 2.57. The van der Waals surface area contributed by atoms with Crippen LogP contribution in [0.25, 0.3) is 0 Å². The number of nitrogens with zero attached hydrogens (tertiary/aromatic N) is 2. The molecular formula is C17H20N2. The van der Waals surface area contributed by atoms with Crippen molar-refractivity contribution in [1.82, 2.24) is 0 Å². The number of rotatable bonds is 1. The zero-order chi connectivity index (χ0) is 13.7. The summed E-state index contributed by atoms with van der Waals surface area (Å²) in [7, 11) is 0. The van der Waals surface area contributed by atoms with E-state index >= 15 is 0 Å². The summed E-state index contributed by atoms with van der Waals surface area (Å²) in [6.07, 6.45) is 3.66. The van der Waals surface area contributed by atoms with Crippen molar-refractivity contribution >= 4 is 11.4 Å². The van der Waals surface area contributed by atoms with Crippen molar-refractivity contribution in [3.05, 3.63) is 29.8 Å². The van der Waals surface area contributed by atoms with E-state index < -0.39 is 0 Å². The van der Waals surface area contributed by atoms with Gasteiger partial charge in [0.25, 0.3) is 0 Å². The molecule has 2 atom stereocenters. The Labute approximate surface area is 115 Å². The molecule has 2 aliphatic rings. The minimum absolute atomic E-state index is 0.209.